The second-order valence-corrected chi connectivity index (χ2v) is 7.36. The molecule has 0 aromatic heterocycles. The van der Waals surface area contributed by atoms with Crippen molar-refractivity contribution in [2.24, 2.45) is 5.10 Å². The summed E-state index contributed by atoms with van der Waals surface area (Å²) in [6.45, 7) is 6.62. The Balaban J connectivity index is 1.87. The van der Waals surface area contributed by atoms with E-state index < -0.39 is 0 Å². The number of hydrogen-bond donors (Lipinski definition) is 1. The summed E-state index contributed by atoms with van der Waals surface area (Å²) in [5.41, 5.74) is 8.13. The molecule has 162 valence electrons. The number of carbonyl (C=O) groups excluding carboxylic acids is 1. The van der Waals surface area contributed by atoms with Gasteiger partial charge in [0.15, 0.2) is 0 Å². The van der Waals surface area contributed by atoms with Gasteiger partial charge in [-0.15, -0.1) is 0 Å². The molecule has 0 saturated heterocycles. The van der Waals surface area contributed by atoms with Gasteiger partial charge in [-0.3, -0.25) is 4.79 Å². The molecule has 0 saturated carbocycles. The van der Waals surface area contributed by atoms with Crippen LogP contribution >= 0.6 is 0 Å². The molecule has 0 heterocycles. The minimum atomic E-state index is -0.256. The lowest BCUT2D eigenvalue weighted by Gasteiger charge is -2.08. The van der Waals surface area contributed by atoms with Crippen LogP contribution in [0.5, 0.6) is 0 Å². The van der Waals surface area contributed by atoms with Crippen LogP contribution < -0.4 is 5.43 Å². The van der Waals surface area contributed by atoms with Gasteiger partial charge in [0.05, 0.1) is 12.3 Å². The SMILES string of the molecule is CCO/C(=C/C=C/C(=N\NC(=O)c1ccccc1)c1ccc(C)cc1)c1ccc(C)cc1. The van der Waals surface area contributed by atoms with E-state index in [9.17, 15) is 4.79 Å². The van der Waals surface area contributed by atoms with Gasteiger partial charge in [0.1, 0.15) is 5.76 Å². The van der Waals surface area contributed by atoms with Crippen LogP contribution in [0.2, 0.25) is 0 Å². The fourth-order valence-electron chi connectivity index (χ4n) is 3.02. The van der Waals surface area contributed by atoms with Crippen molar-refractivity contribution in [3.8, 4) is 0 Å². The van der Waals surface area contributed by atoms with Crippen molar-refractivity contribution in [2.75, 3.05) is 6.61 Å². The quantitative estimate of drug-likeness (QED) is 0.206. The molecule has 0 aliphatic rings. The molecule has 4 heteroatoms. The zero-order chi connectivity index (χ0) is 22.8. The van der Waals surface area contributed by atoms with Gasteiger partial charge in [0.25, 0.3) is 5.91 Å². The largest absolute Gasteiger partial charge is 0.493 e. The number of carbonyl (C=O) groups is 1. The Hall–Kier alpha value is -3.92. The molecule has 1 N–H and O–H groups in total. The van der Waals surface area contributed by atoms with Crippen molar-refractivity contribution in [3.05, 3.63) is 125 Å². The minimum absolute atomic E-state index is 0.256. The maximum Gasteiger partial charge on any atom is 0.271 e. The van der Waals surface area contributed by atoms with Crippen molar-refractivity contribution in [1.82, 2.24) is 5.43 Å². The van der Waals surface area contributed by atoms with Crippen LogP contribution in [0.15, 0.2) is 102 Å². The fourth-order valence-corrected chi connectivity index (χ4v) is 3.02. The zero-order valence-corrected chi connectivity index (χ0v) is 18.7. The highest BCUT2D eigenvalue weighted by molar-refractivity contribution is 6.09. The van der Waals surface area contributed by atoms with Gasteiger partial charge >= 0.3 is 0 Å². The predicted molar refractivity (Wildman–Crippen MR) is 132 cm³/mol. The number of ether oxygens (including phenoxy) is 1. The Morgan fingerprint density at radius 2 is 1.44 bits per heavy atom. The van der Waals surface area contributed by atoms with E-state index in [2.05, 4.69) is 29.6 Å². The predicted octanol–water partition coefficient (Wildman–Crippen LogP) is 6.07. The summed E-state index contributed by atoms with van der Waals surface area (Å²) in [6.07, 6.45) is 5.66. The van der Waals surface area contributed by atoms with Gasteiger partial charge in [0, 0.05) is 16.7 Å². The number of rotatable bonds is 8. The highest BCUT2D eigenvalue weighted by Crippen LogP contribution is 2.17. The summed E-state index contributed by atoms with van der Waals surface area (Å²) < 4.78 is 5.83. The van der Waals surface area contributed by atoms with Crippen molar-refractivity contribution in [1.29, 1.82) is 0 Å². The van der Waals surface area contributed by atoms with Gasteiger partial charge in [-0.05, 0) is 45.1 Å². The van der Waals surface area contributed by atoms with Crippen molar-refractivity contribution >= 4 is 17.4 Å². The van der Waals surface area contributed by atoms with Gasteiger partial charge in [-0.25, -0.2) is 5.43 Å². The molecule has 0 radical (unpaired) electrons. The van der Waals surface area contributed by atoms with E-state index in [0.29, 0.717) is 17.9 Å². The third-order valence-corrected chi connectivity index (χ3v) is 4.80. The molecule has 0 fully saturated rings. The van der Waals surface area contributed by atoms with E-state index in [1.54, 1.807) is 12.1 Å². The number of nitrogens with zero attached hydrogens (tertiary/aromatic N) is 1. The van der Waals surface area contributed by atoms with Crippen molar-refractivity contribution in [2.45, 2.75) is 20.8 Å². The third-order valence-electron chi connectivity index (χ3n) is 4.80. The summed E-state index contributed by atoms with van der Waals surface area (Å²) in [4.78, 5) is 12.4. The number of aryl methyl sites for hydroxylation is 2. The van der Waals surface area contributed by atoms with Gasteiger partial charge < -0.3 is 4.74 Å². The summed E-state index contributed by atoms with van der Waals surface area (Å²) in [7, 11) is 0. The summed E-state index contributed by atoms with van der Waals surface area (Å²) >= 11 is 0. The van der Waals surface area contributed by atoms with Crippen LogP contribution in [0.25, 0.3) is 5.76 Å². The van der Waals surface area contributed by atoms with Crippen LogP contribution in [0.4, 0.5) is 0 Å². The molecule has 0 spiro atoms. The fraction of sp³-hybridized carbons (Fsp3) is 0.143. The van der Waals surface area contributed by atoms with E-state index in [1.165, 1.54) is 5.56 Å². The lowest BCUT2D eigenvalue weighted by Crippen LogP contribution is -2.19. The molecule has 0 unspecified atom stereocenters. The van der Waals surface area contributed by atoms with E-state index in [0.717, 1.165) is 22.4 Å². The first-order valence-electron chi connectivity index (χ1n) is 10.6. The number of allylic oxidation sites excluding steroid dienone is 3. The van der Waals surface area contributed by atoms with E-state index in [4.69, 9.17) is 4.74 Å². The first-order valence-corrected chi connectivity index (χ1v) is 10.6. The van der Waals surface area contributed by atoms with Gasteiger partial charge in [0.2, 0.25) is 0 Å². The third kappa shape index (κ3) is 6.54. The monoisotopic (exact) mass is 424 g/mol. The van der Waals surface area contributed by atoms with Gasteiger partial charge in [-0.1, -0.05) is 83.9 Å². The molecule has 4 nitrogen and oxygen atoms in total. The minimum Gasteiger partial charge on any atom is -0.493 e. The Kier molecular flexibility index (Phi) is 8.15. The zero-order valence-electron chi connectivity index (χ0n) is 18.7. The molecule has 0 aliphatic carbocycles. The molecule has 0 aliphatic heterocycles. The number of hydrogen-bond acceptors (Lipinski definition) is 3. The molecule has 32 heavy (non-hydrogen) atoms. The first-order chi connectivity index (χ1) is 15.6. The van der Waals surface area contributed by atoms with Crippen LogP contribution in [-0.4, -0.2) is 18.2 Å². The number of amides is 1. The average Bonchev–Trinajstić information content (AvgIpc) is 2.82. The van der Waals surface area contributed by atoms with E-state index in [-0.39, 0.29) is 5.91 Å². The standard InChI is InChI=1S/C28H28N2O2/c1-4-32-27(24-19-15-22(3)16-20-24)12-8-11-26(23-17-13-21(2)14-18-23)29-30-28(31)25-9-6-5-7-10-25/h5-20H,4H2,1-3H3,(H,30,31)/b11-8+,27-12+,29-26+. The molecule has 3 aromatic carbocycles. The van der Waals surface area contributed by atoms with Gasteiger partial charge in [-0.2, -0.15) is 5.10 Å². The second-order valence-electron chi connectivity index (χ2n) is 7.36. The first kappa shape index (κ1) is 22.8. The maximum absolute atomic E-state index is 12.4. The highest BCUT2D eigenvalue weighted by Gasteiger charge is 2.06. The van der Waals surface area contributed by atoms with Crippen LogP contribution in [-0.2, 0) is 4.74 Å². The van der Waals surface area contributed by atoms with Crippen LogP contribution in [0.1, 0.15) is 39.5 Å². The molecular formula is C28H28N2O2. The van der Waals surface area contributed by atoms with Crippen molar-refractivity contribution in [3.63, 3.8) is 0 Å². The lowest BCUT2D eigenvalue weighted by atomic mass is 10.1. The Morgan fingerprint density at radius 3 is 2.03 bits per heavy atom. The number of hydrazone groups is 1. The summed E-state index contributed by atoms with van der Waals surface area (Å²) in [5, 5.41) is 4.39. The lowest BCUT2D eigenvalue weighted by molar-refractivity contribution is 0.0955. The molecular weight excluding hydrogens is 396 g/mol. The highest BCUT2D eigenvalue weighted by atomic mass is 16.5. The smallest absolute Gasteiger partial charge is 0.271 e. The van der Waals surface area contributed by atoms with Crippen molar-refractivity contribution < 1.29 is 9.53 Å². The number of benzene rings is 3. The Bertz CT molecular complexity index is 1110. The normalized spacial score (nSPS) is 12.1. The molecule has 1 amide bonds. The van der Waals surface area contributed by atoms with Crippen LogP contribution in [0.3, 0.4) is 0 Å². The van der Waals surface area contributed by atoms with E-state index >= 15 is 0 Å². The Morgan fingerprint density at radius 1 is 0.844 bits per heavy atom. The summed E-state index contributed by atoms with van der Waals surface area (Å²) in [5.74, 6) is 0.522. The Labute approximate surface area is 190 Å². The molecule has 0 bridgehead atoms. The number of nitrogens with one attached hydrogen (secondary N) is 1. The molecule has 3 aromatic rings. The summed E-state index contributed by atoms with van der Waals surface area (Å²) in [6, 6.07) is 25.2. The second kappa shape index (κ2) is 11.5. The average molecular weight is 425 g/mol. The van der Waals surface area contributed by atoms with E-state index in [1.807, 2.05) is 86.7 Å². The maximum atomic E-state index is 12.4. The van der Waals surface area contributed by atoms with Crippen LogP contribution in [0, 0.1) is 13.8 Å². The topological polar surface area (TPSA) is 50.7 Å². The molecule has 0 atom stereocenters. The molecule has 3 rings (SSSR count).